The molecule has 1 aromatic carbocycles. The van der Waals surface area contributed by atoms with Crippen LogP contribution in [0.15, 0.2) is 68.6 Å². The number of aromatic hydroxyl groups is 1. The Bertz CT molecular complexity index is 997. The molecule has 134 valence electrons. The number of phenolic OH excluding ortho intramolecular Hbond substituents is 1. The van der Waals surface area contributed by atoms with Gasteiger partial charge >= 0.3 is 0 Å². The van der Waals surface area contributed by atoms with E-state index >= 15 is 0 Å². The highest BCUT2D eigenvalue weighted by Crippen LogP contribution is 2.25. The second-order valence-corrected chi connectivity index (χ2v) is 6.48. The van der Waals surface area contributed by atoms with Crippen LogP contribution in [-0.2, 0) is 0 Å². The molecule has 2 aromatic heterocycles. The van der Waals surface area contributed by atoms with Gasteiger partial charge in [-0.3, -0.25) is 4.99 Å². The van der Waals surface area contributed by atoms with E-state index in [1.807, 2.05) is 30.5 Å². The van der Waals surface area contributed by atoms with Gasteiger partial charge in [0.15, 0.2) is 17.3 Å². The molecule has 3 rings (SSSR count). The van der Waals surface area contributed by atoms with Crippen LogP contribution >= 0.6 is 11.3 Å². The molecule has 0 saturated carbocycles. The van der Waals surface area contributed by atoms with Crippen molar-refractivity contribution in [1.82, 2.24) is 4.68 Å². The quantitative estimate of drug-likeness (QED) is 0.529. The van der Waals surface area contributed by atoms with Crippen molar-refractivity contribution in [2.24, 2.45) is 10.1 Å². The predicted molar refractivity (Wildman–Crippen MR) is 103 cm³/mol. The number of benzene rings is 1. The molecular formula is C19H19N3O3S. The Morgan fingerprint density at radius 3 is 2.92 bits per heavy atom. The van der Waals surface area contributed by atoms with Crippen LogP contribution in [0.25, 0.3) is 11.5 Å². The summed E-state index contributed by atoms with van der Waals surface area (Å²) in [6, 6.07) is 8.79. The van der Waals surface area contributed by atoms with Crippen LogP contribution in [0.3, 0.4) is 0 Å². The number of aromatic nitrogens is 1. The fourth-order valence-electron chi connectivity index (χ4n) is 2.23. The molecule has 0 bridgehead atoms. The highest BCUT2D eigenvalue weighted by molar-refractivity contribution is 7.07. The smallest absolute Gasteiger partial charge is 0.206 e. The van der Waals surface area contributed by atoms with E-state index in [-0.39, 0.29) is 5.75 Å². The van der Waals surface area contributed by atoms with Gasteiger partial charge in [-0.25, -0.2) is 4.68 Å². The first-order valence-corrected chi connectivity index (χ1v) is 8.77. The van der Waals surface area contributed by atoms with E-state index in [9.17, 15) is 5.11 Å². The second-order valence-electron chi connectivity index (χ2n) is 5.64. The molecule has 2 heterocycles. The first-order chi connectivity index (χ1) is 12.6. The maximum atomic E-state index is 9.92. The number of rotatable bonds is 6. The average Bonchev–Trinajstić information content (AvgIpc) is 3.27. The SMILES string of the molecule is C=C(C)CN=c1scc(-c2ccco2)n1N=Cc1ccc(OC)c(O)c1. The topological polar surface area (TPSA) is 72.2 Å². The number of ether oxygens (including phenoxy) is 1. The van der Waals surface area contributed by atoms with E-state index in [2.05, 4.69) is 16.7 Å². The lowest BCUT2D eigenvalue weighted by atomic mass is 10.2. The first kappa shape index (κ1) is 17.8. The standard InChI is InChI=1S/C19H19N3O3S/c1-13(2)10-20-19-22(15(12-26-19)17-5-4-8-25-17)21-11-14-6-7-18(24-3)16(23)9-14/h4-9,11-12,23H,1,10H2,2-3H3. The van der Waals surface area contributed by atoms with Gasteiger partial charge in [-0.05, 0) is 42.8 Å². The van der Waals surface area contributed by atoms with Crippen LogP contribution < -0.4 is 9.54 Å². The van der Waals surface area contributed by atoms with Gasteiger partial charge in [0.1, 0.15) is 5.69 Å². The van der Waals surface area contributed by atoms with Crippen LogP contribution in [0.2, 0.25) is 0 Å². The number of phenols is 1. The van der Waals surface area contributed by atoms with E-state index in [1.165, 1.54) is 18.4 Å². The van der Waals surface area contributed by atoms with Gasteiger partial charge in [-0.2, -0.15) is 5.10 Å². The summed E-state index contributed by atoms with van der Waals surface area (Å²) in [5, 5.41) is 16.4. The number of hydrogen-bond donors (Lipinski definition) is 1. The van der Waals surface area contributed by atoms with Crippen molar-refractivity contribution in [3.05, 3.63) is 64.5 Å². The van der Waals surface area contributed by atoms with Crippen molar-refractivity contribution in [2.45, 2.75) is 6.92 Å². The summed E-state index contributed by atoms with van der Waals surface area (Å²) in [5.41, 5.74) is 2.50. The minimum Gasteiger partial charge on any atom is -0.504 e. The van der Waals surface area contributed by atoms with Crippen LogP contribution in [0.5, 0.6) is 11.5 Å². The van der Waals surface area contributed by atoms with Gasteiger partial charge in [0.2, 0.25) is 4.80 Å². The highest BCUT2D eigenvalue weighted by Gasteiger charge is 2.10. The van der Waals surface area contributed by atoms with Gasteiger partial charge in [0, 0.05) is 5.38 Å². The third-order valence-electron chi connectivity index (χ3n) is 3.47. The highest BCUT2D eigenvalue weighted by atomic mass is 32.1. The van der Waals surface area contributed by atoms with Gasteiger partial charge < -0.3 is 14.3 Å². The molecule has 0 saturated heterocycles. The van der Waals surface area contributed by atoms with Gasteiger partial charge in [0.25, 0.3) is 0 Å². The van der Waals surface area contributed by atoms with E-state index in [1.54, 1.807) is 29.3 Å². The van der Waals surface area contributed by atoms with Crippen molar-refractivity contribution in [3.63, 3.8) is 0 Å². The third kappa shape index (κ3) is 3.94. The Morgan fingerprint density at radius 2 is 2.27 bits per heavy atom. The Kier molecular flexibility index (Phi) is 5.38. The minimum absolute atomic E-state index is 0.0604. The summed E-state index contributed by atoms with van der Waals surface area (Å²) < 4.78 is 12.3. The van der Waals surface area contributed by atoms with Crippen molar-refractivity contribution in [2.75, 3.05) is 13.7 Å². The molecule has 0 aliphatic rings. The number of methoxy groups -OCH3 is 1. The molecule has 0 aliphatic heterocycles. The predicted octanol–water partition coefficient (Wildman–Crippen LogP) is 3.88. The Morgan fingerprint density at radius 1 is 1.42 bits per heavy atom. The molecule has 3 aromatic rings. The zero-order valence-corrected chi connectivity index (χ0v) is 15.4. The fourth-order valence-corrected chi connectivity index (χ4v) is 3.05. The molecule has 0 fully saturated rings. The van der Waals surface area contributed by atoms with Crippen molar-refractivity contribution < 1.29 is 14.3 Å². The van der Waals surface area contributed by atoms with Crippen LogP contribution in [0.4, 0.5) is 0 Å². The van der Waals surface area contributed by atoms with Crippen LogP contribution in [0, 0.1) is 0 Å². The lowest BCUT2D eigenvalue weighted by Crippen LogP contribution is -2.12. The molecule has 0 spiro atoms. The van der Waals surface area contributed by atoms with Gasteiger partial charge in [-0.1, -0.05) is 12.2 Å². The van der Waals surface area contributed by atoms with Gasteiger partial charge in [0.05, 0.1) is 26.1 Å². The second kappa shape index (κ2) is 7.88. The molecular weight excluding hydrogens is 350 g/mol. The summed E-state index contributed by atoms with van der Waals surface area (Å²) in [7, 11) is 1.51. The van der Waals surface area contributed by atoms with E-state index < -0.39 is 0 Å². The maximum Gasteiger partial charge on any atom is 0.206 e. The lowest BCUT2D eigenvalue weighted by Gasteiger charge is -2.04. The molecule has 0 radical (unpaired) electrons. The van der Waals surface area contributed by atoms with E-state index in [0.717, 1.165) is 21.6 Å². The minimum atomic E-state index is 0.0604. The summed E-state index contributed by atoms with van der Waals surface area (Å²) in [6.07, 6.45) is 3.27. The Balaban J connectivity index is 2.01. The van der Waals surface area contributed by atoms with Crippen LogP contribution in [-0.4, -0.2) is 29.7 Å². The van der Waals surface area contributed by atoms with Gasteiger partial charge in [-0.15, -0.1) is 11.3 Å². The van der Waals surface area contributed by atoms with Crippen molar-refractivity contribution in [1.29, 1.82) is 0 Å². The normalized spacial score (nSPS) is 12.0. The molecule has 1 N–H and O–H groups in total. The Labute approximate surface area is 155 Å². The molecule has 7 heteroatoms. The maximum absolute atomic E-state index is 9.92. The molecule has 0 amide bonds. The number of furan rings is 1. The molecule has 0 atom stereocenters. The summed E-state index contributed by atoms with van der Waals surface area (Å²) >= 11 is 1.47. The molecule has 6 nitrogen and oxygen atoms in total. The lowest BCUT2D eigenvalue weighted by molar-refractivity contribution is 0.373. The number of hydrogen-bond acceptors (Lipinski definition) is 6. The first-order valence-electron chi connectivity index (χ1n) is 7.89. The average molecular weight is 369 g/mol. The number of thiazole rings is 1. The molecule has 26 heavy (non-hydrogen) atoms. The fraction of sp³-hybridized carbons (Fsp3) is 0.158. The van der Waals surface area contributed by atoms with E-state index in [0.29, 0.717) is 18.1 Å². The van der Waals surface area contributed by atoms with Crippen molar-refractivity contribution >= 4 is 17.6 Å². The monoisotopic (exact) mass is 369 g/mol. The molecule has 0 aliphatic carbocycles. The van der Waals surface area contributed by atoms with E-state index in [4.69, 9.17) is 9.15 Å². The summed E-state index contributed by atoms with van der Waals surface area (Å²) in [5.74, 6) is 1.18. The zero-order valence-electron chi connectivity index (χ0n) is 14.5. The Hall–Kier alpha value is -3.06. The van der Waals surface area contributed by atoms with Crippen molar-refractivity contribution in [3.8, 4) is 23.0 Å². The summed E-state index contributed by atoms with van der Waals surface area (Å²) in [4.78, 5) is 5.28. The number of nitrogens with zero attached hydrogens (tertiary/aromatic N) is 3. The third-order valence-corrected chi connectivity index (χ3v) is 4.32. The summed E-state index contributed by atoms with van der Waals surface area (Å²) in [6.45, 7) is 6.33. The largest absolute Gasteiger partial charge is 0.504 e. The zero-order chi connectivity index (χ0) is 18.5. The molecule has 0 unspecified atom stereocenters. The van der Waals surface area contributed by atoms with Crippen LogP contribution in [0.1, 0.15) is 12.5 Å².